The highest BCUT2D eigenvalue weighted by Crippen LogP contribution is 2.32. The molecule has 9 nitrogen and oxygen atoms in total. The van der Waals surface area contributed by atoms with E-state index >= 15 is 0 Å². The summed E-state index contributed by atoms with van der Waals surface area (Å²) in [7, 11) is 1.86. The van der Waals surface area contributed by atoms with E-state index in [1.165, 1.54) is 0 Å². The maximum atomic E-state index is 6.32. The highest BCUT2D eigenvalue weighted by molar-refractivity contribution is 5.87. The van der Waals surface area contributed by atoms with Gasteiger partial charge in [0.2, 0.25) is 5.88 Å². The molecule has 5 rings (SSSR count). The Morgan fingerprint density at radius 1 is 1.00 bits per heavy atom. The van der Waals surface area contributed by atoms with Crippen LogP contribution in [0.4, 0.5) is 11.6 Å². The Morgan fingerprint density at radius 2 is 1.89 bits per heavy atom. The van der Waals surface area contributed by atoms with Gasteiger partial charge in [-0.05, 0) is 36.2 Å². The monoisotopic (exact) mass is 480 g/mol. The fourth-order valence-electron chi connectivity index (χ4n) is 3.88. The fraction of sp³-hybridized carbons (Fsp3) is 0.222. The zero-order chi connectivity index (χ0) is 25.1. The minimum Gasteiger partial charge on any atom is -0.476 e. The van der Waals surface area contributed by atoms with Crippen molar-refractivity contribution >= 4 is 22.5 Å². The third-order valence-corrected chi connectivity index (χ3v) is 5.74. The van der Waals surface area contributed by atoms with Gasteiger partial charge in [-0.2, -0.15) is 5.10 Å². The zero-order valence-corrected chi connectivity index (χ0v) is 20.5. The van der Waals surface area contributed by atoms with Crippen molar-refractivity contribution in [3.63, 3.8) is 0 Å². The van der Waals surface area contributed by atoms with Crippen molar-refractivity contribution in [1.82, 2.24) is 29.7 Å². The Hall–Kier alpha value is -4.53. The number of fused-ring (bicyclic) bond motifs is 1. The Balaban J connectivity index is 1.41. The topological polar surface area (TPSA) is 117 Å². The normalized spacial score (nSPS) is 11.2. The number of pyridine rings is 2. The molecule has 4 heterocycles. The van der Waals surface area contributed by atoms with Crippen molar-refractivity contribution in [2.24, 2.45) is 7.05 Å². The lowest BCUT2D eigenvalue weighted by atomic mass is 10.0. The largest absolute Gasteiger partial charge is 0.476 e. The van der Waals surface area contributed by atoms with Crippen LogP contribution in [0.5, 0.6) is 5.88 Å². The number of anilines is 2. The van der Waals surface area contributed by atoms with Crippen LogP contribution in [0.15, 0.2) is 67.0 Å². The van der Waals surface area contributed by atoms with Gasteiger partial charge >= 0.3 is 0 Å². The summed E-state index contributed by atoms with van der Waals surface area (Å²) in [5.74, 6) is 1.71. The van der Waals surface area contributed by atoms with Gasteiger partial charge in [-0.15, -0.1) is 0 Å². The van der Waals surface area contributed by atoms with Gasteiger partial charge in [0.25, 0.3) is 0 Å². The summed E-state index contributed by atoms with van der Waals surface area (Å²) in [5.41, 5.74) is 11.1. The molecule has 0 aliphatic rings. The maximum Gasteiger partial charge on any atom is 0.213 e. The molecule has 0 aliphatic heterocycles. The number of nitrogens with two attached hydrogens (primary N) is 1. The van der Waals surface area contributed by atoms with Gasteiger partial charge in [-0.1, -0.05) is 32.0 Å². The molecule has 0 bridgehead atoms. The number of nitrogens with one attached hydrogen (secondary N) is 1. The molecular formula is C27H28N8O. The molecule has 0 amide bonds. The van der Waals surface area contributed by atoms with Crippen LogP contribution in [0.3, 0.4) is 0 Å². The van der Waals surface area contributed by atoms with Crippen molar-refractivity contribution < 1.29 is 4.74 Å². The second kappa shape index (κ2) is 9.99. The number of ether oxygens (including phenoxy) is 1. The number of benzene rings is 1. The summed E-state index contributed by atoms with van der Waals surface area (Å²) in [5, 5.41) is 8.80. The smallest absolute Gasteiger partial charge is 0.213 e. The first-order valence-electron chi connectivity index (χ1n) is 11.8. The summed E-state index contributed by atoms with van der Waals surface area (Å²) >= 11 is 0. The SMILES string of the molecule is CC(C)c1cccc(OCCNc2nc(-c3ccc4ncccc4c3)c(-c3ccn(C)n3)nc2N)n1. The van der Waals surface area contributed by atoms with Gasteiger partial charge in [0.15, 0.2) is 11.6 Å². The van der Waals surface area contributed by atoms with E-state index < -0.39 is 0 Å². The van der Waals surface area contributed by atoms with E-state index in [4.69, 9.17) is 15.5 Å². The Kier molecular flexibility index (Phi) is 6.44. The van der Waals surface area contributed by atoms with E-state index in [0.717, 1.165) is 22.2 Å². The van der Waals surface area contributed by atoms with Crippen molar-refractivity contribution in [1.29, 1.82) is 0 Å². The van der Waals surface area contributed by atoms with Gasteiger partial charge in [-0.25, -0.2) is 15.0 Å². The average Bonchev–Trinajstić information content (AvgIpc) is 3.33. The molecule has 0 saturated heterocycles. The second-order valence-corrected chi connectivity index (χ2v) is 8.77. The Bertz CT molecular complexity index is 1510. The molecule has 0 atom stereocenters. The predicted molar refractivity (Wildman–Crippen MR) is 142 cm³/mol. The van der Waals surface area contributed by atoms with Crippen molar-refractivity contribution in [2.45, 2.75) is 19.8 Å². The van der Waals surface area contributed by atoms with Crippen molar-refractivity contribution in [3.05, 3.63) is 72.7 Å². The van der Waals surface area contributed by atoms with Crippen LogP contribution in [0.25, 0.3) is 33.5 Å². The molecule has 0 aliphatic carbocycles. The molecular weight excluding hydrogens is 452 g/mol. The summed E-state index contributed by atoms with van der Waals surface area (Å²) in [6.07, 6.45) is 3.65. The second-order valence-electron chi connectivity index (χ2n) is 8.77. The quantitative estimate of drug-likeness (QED) is 0.307. The number of aromatic nitrogens is 6. The van der Waals surface area contributed by atoms with Crippen LogP contribution in [-0.2, 0) is 7.05 Å². The molecule has 0 saturated carbocycles. The highest BCUT2D eigenvalue weighted by atomic mass is 16.5. The summed E-state index contributed by atoms with van der Waals surface area (Å²) in [6, 6.07) is 17.7. The van der Waals surface area contributed by atoms with E-state index in [1.54, 1.807) is 10.9 Å². The lowest BCUT2D eigenvalue weighted by Gasteiger charge is -2.14. The van der Waals surface area contributed by atoms with Gasteiger partial charge in [-0.3, -0.25) is 9.67 Å². The number of nitrogens with zero attached hydrogens (tertiary/aromatic N) is 6. The summed E-state index contributed by atoms with van der Waals surface area (Å²) < 4.78 is 7.56. The zero-order valence-electron chi connectivity index (χ0n) is 20.5. The molecule has 5 aromatic rings. The molecule has 4 aromatic heterocycles. The predicted octanol–water partition coefficient (Wildman–Crippen LogP) is 4.68. The molecule has 0 spiro atoms. The van der Waals surface area contributed by atoms with Gasteiger partial charge in [0.1, 0.15) is 23.7 Å². The van der Waals surface area contributed by atoms with Crippen LogP contribution >= 0.6 is 0 Å². The number of rotatable bonds is 8. The number of nitrogen functional groups attached to an aromatic ring is 1. The molecule has 0 radical (unpaired) electrons. The third kappa shape index (κ3) is 4.95. The average molecular weight is 481 g/mol. The van der Waals surface area contributed by atoms with Crippen molar-refractivity contribution in [3.8, 4) is 28.5 Å². The number of aryl methyl sites for hydroxylation is 1. The molecule has 182 valence electrons. The Morgan fingerprint density at radius 3 is 2.69 bits per heavy atom. The first-order valence-corrected chi connectivity index (χ1v) is 11.8. The first-order chi connectivity index (χ1) is 17.5. The number of hydrogen-bond acceptors (Lipinski definition) is 8. The van der Waals surface area contributed by atoms with Gasteiger partial charge in [0, 0.05) is 42.2 Å². The molecule has 1 aromatic carbocycles. The van der Waals surface area contributed by atoms with E-state index in [0.29, 0.717) is 53.7 Å². The molecule has 0 fully saturated rings. The van der Waals surface area contributed by atoms with E-state index in [-0.39, 0.29) is 0 Å². The minimum absolute atomic E-state index is 0.293. The molecule has 9 heteroatoms. The van der Waals surface area contributed by atoms with Gasteiger partial charge in [0.05, 0.1) is 12.1 Å². The van der Waals surface area contributed by atoms with Gasteiger partial charge < -0.3 is 15.8 Å². The summed E-state index contributed by atoms with van der Waals surface area (Å²) in [6.45, 7) is 5.09. The van der Waals surface area contributed by atoms with E-state index in [9.17, 15) is 0 Å². The Labute approximate surface area is 209 Å². The van der Waals surface area contributed by atoms with E-state index in [1.807, 2.05) is 61.8 Å². The van der Waals surface area contributed by atoms with Crippen LogP contribution in [-0.4, -0.2) is 42.9 Å². The summed E-state index contributed by atoms with van der Waals surface area (Å²) in [4.78, 5) is 18.5. The first kappa shape index (κ1) is 23.2. The lowest BCUT2D eigenvalue weighted by Crippen LogP contribution is -2.15. The standard InChI is InChI=1S/C27H28N8O/c1-17(2)20-7-4-8-23(31-20)36-15-13-30-27-26(28)32-25(22-11-14-35(3)34-22)24(33-27)19-9-10-21-18(16-19)6-5-12-29-21/h4-12,14,16-17H,13,15H2,1-3H3,(H2,28,32)(H,30,33). The lowest BCUT2D eigenvalue weighted by molar-refractivity contribution is 0.318. The fourth-order valence-corrected chi connectivity index (χ4v) is 3.88. The van der Waals surface area contributed by atoms with Crippen LogP contribution in [0, 0.1) is 0 Å². The molecule has 3 N–H and O–H groups in total. The molecule has 0 unspecified atom stereocenters. The minimum atomic E-state index is 0.293. The highest BCUT2D eigenvalue weighted by Gasteiger charge is 2.18. The van der Waals surface area contributed by atoms with Crippen LogP contribution in [0.1, 0.15) is 25.5 Å². The maximum absolute atomic E-state index is 6.32. The van der Waals surface area contributed by atoms with Crippen molar-refractivity contribution in [2.75, 3.05) is 24.2 Å². The number of hydrogen-bond donors (Lipinski definition) is 2. The van der Waals surface area contributed by atoms with Crippen LogP contribution < -0.4 is 15.8 Å². The molecule has 36 heavy (non-hydrogen) atoms. The van der Waals surface area contributed by atoms with E-state index in [2.05, 4.69) is 45.3 Å². The van der Waals surface area contributed by atoms with Crippen LogP contribution in [0.2, 0.25) is 0 Å². The third-order valence-electron chi connectivity index (χ3n) is 5.74.